The number of H-pyrrole nitrogens is 1. The van der Waals surface area contributed by atoms with Gasteiger partial charge in [0.1, 0.15) is 0 Å². The van der Waals surface area contributed by atoms with Gasteiger partial charge in [-0.15, -0.1) is 0 Å². The number of aromatic nitrogens is 1. The summed E-state index contributed by atoms with van der Waals surface area (Å²) in [6, 6.07) is 5.81. The van der Waals surface area contributed by atoms with Crippen LogP contribution in [0.1, 0.15) is 11.3 Å². The van der Waals surface area contributed by atoms with Crippen LogP contribution in [0.25, 0.3) is 10.9 Å². The molecular formula is C10H11ClN2. The number of aryl methyl sites for hydroxylation is 1. The van der Waals surface area contributed by atoms with E-state index in [0.717, 1.165) is 21.6 Å². The summed E-state index contributed by atoms with van der Waals surface area (Å²) in [5, 5.41) is 1.92. The van der Waals surface area contributed by atoms with E-state index in [1.807, 2.05) is 18.2 Å². The minimum absolute atomic E-state index is 0.540. The molecule has 13 heavy (non-hydrogen) atoms. The predicted octanol–water partition coefficient (Wildman–Crippen LogP) is 2.59. The summed E-state index contributed by atoms with van der Waals surface area (Å²) in [5.41, 5.74) is 8.96. The maximum absolute atomic E-state index is 5.90. The van der Waals surface area contributed by atoms with Gasteiger partial charge < -0.3 is 10.7 Å². The Morgan fingerprint density at radius 3 is 2.92 bits per heavy atom. The van der Waals surface area contributed by atoms with Gasteiger partial charge in [0.15, 0.2) is 0 Å². The maximum Gasteiger partial charge on any atom is 0.0460 e. The van der Waals surface area contributed by atoms with Gasteiger partial charge in [0.25, 0.3) is 0 Å². The first-order chi connectivity index (χ1) is 6.22. The number of nitrogens with one attached hydrogen (secondary N) is 1. The molecular weight excluding hydrogens is 184 g/mol. The highest BCUT2D eigenvalue weighted by Crippen LogP contribution is 2.24. The van der Waals surface area contributed by atoms with Crippen molar-refractivity contribution in [3.05, 3.63) is 34.5 Å². The zero-order valence-corrected chi connectivity index (χ0v) is 8.15. The van der Waals surface area contributed by atoms with Crippen LogP contribution in [-0.4, -0.2) is 4.98 Å². The van der Waals surface area contributed by atoms with Crippen LogP contribution in [0.4, 0.5) is 0 Å². The van der Waals surface area contributed by atoms with Gasteiger partial charge in [-0.05, 0) is 30.7 Å². The van der Waals surface area contributed by atoms with Crippen molar-refractivity contribution < 1.29 is 0 Å². The number of aromatic amines is 1. The molecule has 0 saturated carbocycles. The van der Waals surface area contributed by atoms with Gasteiger partial charge in [-0.2, -0.15) is 0 Å². The third-order valence-corrected chi connectivity index (χ3v) is 2.56. The molecule has 1 aromatic carbocycles. The Kier molecular flexibility index (Phi) is 2.02. The fourth-order valence-electron chi connectivity index (χ4n) is 1.56. The highest BCUT2D eigenvalue weighted by molar-refractivity contribution is 6.31. The smallest absolute Gasteiger partial charge is 0.0460 e. The first kappa shape index (κ1) is 8.60. The highest BCUT2D eigenvalue weighted by atomic mass is 35.5. The van der Waals surface area contributed by atoms with E-state index in [0.29, 0.717) is 6.54 Å². The van der Waals surface area contributed by atoms with E-state index in [4.69, 9.17) is 17.3 Å². The number of fused-ring (bicyclic) bond motifs is 1. The molecule has 0 saturated heterocycles. The Morgan fingerprint density at radius 2 is 2.23 bits per heavy atom. The van der Waals surface area contributed by atoms with E-state index >= 15 is 0 Å². The van der Waals surface area contributed by atoms with Gasteiger partial charge in [0, 0.05) is 28.2 Å². The van der Waals surface area contributed by atoms with Gasteiger partial charge in [-0.25, -0.2) is 0 Å². The second-order valence-corrected chi connectivity index (χ2v) is 3.56. The monoisotopic (exact) mass is 194 g/mol. The number of hydrogen-bond acceptors (Lipinski definition) is 1. The molecule has 0 aliphatic rings. The molecule has 0 radical (unpaired) electrons. The van der Waals surface area contributed by atoms with Crippen molar-refractivity contribution in [1.82, 2.24) is 4.98 Å². The molecule has 0 aliphatic carbocycles. The zero-order valence-electron chi connectivity index (χ0n) is 7.39. The van der Waals surface area contributed by atoms with Crippen molar-refractivity contribution in [2.45, 2.75) is 13.5 Å². The summed E-state index contributed by atoms with van der Waals surface area (Å²) in [7, 11) is 0. The molecule has 3 N–H and O–H groups in total. The van der Waals surface area contributed by atoms with Crippen molar-refractivity contribution in [1.29, 1.82) is 0 Å². The third kappa shape index (κ3) is 1.32. The molecule has 68 valence electrons. The van der Waals surface area contributed by atoms with E-state index in [1.165, 1.54) is 5.56 Å². The molecule has 1 heterocycles. The molecule has 0 bridgehead atoms. The summed E-state index contributed by atoms with van der Waals surface area (Å²) in [4.78, 5) is 3.26. The van der Waals surface area contributed by atoms with Crippen LogP contribution in [0.3, 0.4) is 0 Å². The molecule has 3 heteroatoms. The van der Waals surface area contributed by atoms with Crippen molar-refractivity contribution >= 4 is 22.5 Å². The fourth-order valence-corrected chi connectivity index (χ4v) is 1.73. The van der Waals surface area contributed by atoms with Gasteiger partial charge in [-0.1, -0.05) is 11.6 Å². The molecule has 0 spiro atoms. The summed E-state index contributed by atoms with van der Waals surface area (Å²) in [6.07, 6.45) is 0. The first-order valence-corrected chi connectivity index (χ1v) is 4.57. The lowest BCUT2D eigenvalue weighted by molar-refractivity contribution is 1.00. The topological polar surface area (TPSA) is 41.8 Å². The minimum Gasteiger partial charge on any atom is -0.357 e. The molecule has 0 amide bonds. The average molecular weight is 195 g/mol. The standard InChI is InChI=1S/C10H11ClN2/c1-6-8-4-7(11)2-3-9(8)13-10(6)5-12/h2-4,13H,5,12H2,1H3. The fraction of sp³-hybridized carbons (Fsp3) is 0.200. The second kappa shape index (κ2) is 3.05. The average Bonchev–Trinajstić information content (AvgIpc) is 2.44. The Bertz CT molecular complexity index is 445. The van der Waals surface area contributed by atoms with Crippen LogP contribution in [0.2, 0.25) is 5.02 Å². The van der Waals surface area contributed by atoms with Crippen molar-refractivity contribution in [3.8, 4) is 0 Å². The third-order valence-electron chi connectivity index (χ3n) is 2.33. The molecule has 0 aliphatic heterocycles. The van der Waals surface area contributed by atoms with Crippen LogP contribution < -0.4 is 5.73 Å². The Hall–Kier alpha value is -0.990. The highest BCUT2D eigenvalue weighted by Gasteiger charge is 2.05. The molecule has 0 fully saturated rings. The Balaban J connectivity index is 2.77. The van der Waals surface area contributed by atoms with Crippen LogP contribution in [0, 0.1) is 6.92 Å². The number of nitrogens with two attached hydrogens (primary N) is 1. The number of rotatable bonds is 1. The van der Waals surface area contributed by atoms with Gasteiger partial charge in [-0.3, -0.25) is 0 Å². The largest absolute Gasteiger partial charge is 0.357 e. The van der Waals surface area contributed by atoms with Crippen LogP contribution >= 0.6 is 11.6 Å². The van der Waals surface area contributed by atoms with E-state index < -0.39 is 0 Å². The summed E-state index contributed by atoms with van der Waals surface area (Å²) in [5.74, 6) is 0. The molecule has 2 nitrogen and oxygen atoms in total. The summed E-state index contributed by atoms with van der Waals surface area (Å²) >= 11 is 5.90. The molecule has 2 aromatic rings. The van der Waals surface area contributed by atoms with Crippen LogP contribution in [-0.2, 0) is 6.54 Å². The Morgan fingerprint density at radius 1 is 1.46 bits per heavy atom. The molecule has 2 rings (SSSR count). The first-order valence-electron chi connectivity index (χ1n) is 4.19. The maximum atomic E-state index is 5.90. The molecule has 0 unspecified atom stereocenters. The SMILES string of the molecule is Cc1c(CN)[nH]c2ccc(Cl)cc12. The zero-order chi connectivity index (χ0) is 9.42. The number of halogens is 1. The normalized spacial score (nSPS) is 11.0. The number of benzene rings is 1. The minimum atomic E-state index is 0.540. The number of hydrogen-bond donors (Lipinski definition) is 2. The molecule has 0 atom stereocenters. The van der Waals surface area contributed by atoms with Crippen LogP contribution in [0.15, 0.2) is 18.2 Å². The van der Waals surface area contributed by atoms with E-state index in [9.17, 15) is 0 Å². The summed E-state index contributed by atoms with van der Waals surface area (Å²) in [6.45, 7) is 2.59. The Labute approximate surface area is 81.7 Å². The summed E-state index contributed by atoms with van der Waals surface area (Å²) < 4.78 is 0. The van der Waals surface area contributed by atoms with E-state index in [1.54, 1.807) is 0 Å². The van der Waals surface area contributed by atoms with Crippen LogP contribution in [0.5, 0.6) is 0 Å². The predicted molar refractivity (Wildman–Crippen MR) is 55.9 cm³/mol. The lowest BCUT2D eigenvalue weighted by Crippen LogP contribution is -1.97. The lowest BCUT2D eigenvalue weighted by atomic mass is 10.1. The van der Waals surface area contributed by atoms with Crippen molar-refractivity contribution in [3.63, 3.8) is 0 Å². The second-order valence-electron chi connectivity index (χ2n) is 3.12. The van der Waals surface area contributed by atoms with Crippen molar-refractivity contribution in [2.75, 3.05) is 0 Å². The van der Waals surface area contributed by atoms with E-state index in [-0.39, 0.29) is 0 Å². The van der Waals surface area contributed by atoms with Gasteiger partial charge >= 0.3 is 0 Å². The van der Waals surface area contributed by atoms with Gasteiger partial charge in [0.05, 0.1) is 0 Å². The van der Waals surface area contributed by atoms with Crippen molar-refractivity contribution in [2.24, 2.45) is 5.73 Å². The lowest BCUT2D eigenvalue weighted by Gasteiger charge is -1.93. The quantitative estimate of drug-likeness (QED) is 0.720. The molecule has 1 aromatic heterocycles. The van der Waals surface area contributed by atoms with Gasteiger partial charge in [0.2, 0.25) is 0 Å². The van der Waals surface area contributed by atoms with E-state index in [2.05, 4.69) is 11.9 Å².